The summed E-state index contributed by atoms with van der Waals surface area (Å²) in [5, 5.41) is 14.7. The van der Waals surface area contributed by atoms with E-state index in [-0.39, 0.29) is 11.5 Å². The highest BCUT2D eigenvalue weighted by Crippen LogP contribution is 2.04. The lowest BCUT2D eigenvalue weighted by Gasteiger charge is -2.05. The van der Waals surface area contributed by atoms with Gasteiger partial charge >= 0.3 is 0 Å². The minimum Gasteiger partial charge on any atom is -0.386 e. The molecule has 4 N–H and O–H groups in total. The lowest BCUT2D eigenvalue weighted by molar-refractivity contribution is -0.117. The second-order valence-electron chi connectivity index (χ2n) is 4.68. The van der Waals surface area contributed by atoms with E-state index in [1.54, 1.807) is 0 Å². The Morgan fingerprint density at radius 2 is 2.19 bits per heavy atom. The predicted octanol–water partition coefficient (Wildman–Crippen LogP) is 1.56. The van der Waals surface area contributed by atoms with E-state index < -0.39 is 0 Å². The summed E-state index contributed by atoms with van der Waals surface area (Å²) in [5.74, 6) is -0.339. The Balaban J connectivity index is 2.52. The third-order valence-electron chi connectivity index (χ3n) is 2.96. The van der Waals surface area contributed by atoms with E-state index in [0.29, 0.717) is 19.6 Å². The Hall–Kier alpha value is -2.32. The van der Waals surface area contributed by atoms with Gasteiger partial charge in [0.2, 0.25) is 0 Å². The quantitative estimate of drug-likeness (QED) is 0.384. The molecule has 0 saturated heterocycles. The maximum Gasteiger partial charge on any atom is 0.263 e. The summed E-state index contributed by atoms with van der Waals surface area (Å²) >= 11 is 0. The van der Waals surface area contributed by atoms with Gasteiger partial charge in [0, 0.05) is 25.8 Å². The minimum atomic E-state index is -0.339. The van der Waals surface area contributed by atoms with Crippen LogP contribution in [0.3, 0.4) is 0 Å². The average Bonchev–Trinajstić information content (AvgIpc) is 2.52. The molecule has 0 spiro atoms. The maximum atomic E-state index is 11.7. The second-order valence-corrected chi connectivity index (χ2v) is 4.68. The highest BCUT2D eigenvalue weighted by Gasteiger charge is 2.07. The number of rotatable bonds is 8. The van der Waals surface area contributed by atoms with Crippen LogP contribution in [-0.4, -0.2) is 12.5 Å². The van der Waals surface area contributed by atoms with Gasteiger partial charge in [0.15, 0.2) is 0 Å². The monoisotopic (exact) mass is 286 g/mol. The zero-order chi connectivity index (χ0) is 15.5. The molecule has 5 nitrogen and oxygen atoms in total. The molecule has 112 valence electrons. The number of carbonyl (C=O) groups is 1. The van der Waals surface area contributed by atoms with Crippen molar-refractivity contribution in [3.8, 4) is 6.07 Å². The molecule has 0 aliphatic heterocycles. The Labute approximate surface area is 125 Å². The van der Waals surface area contributed by atoms with Gasteiger partial charge in [-0.05, 0) is 17.5 Å². The third kappa shape index (κ3) is 6.11. The standard InChI is InChI=1S/C16H22N4O/c1-2-3-7-20-16(21)15(10-18)12-19-11-14-6-4-5-13(8-14)9-17/h4-6,8,12,19H,2-3,7,9,11,17H2,1H3,(H,20,21)/b15-12-. The van der Waals surface area contributed by atoms with E-state index in [1.165, 1.54) is 6.20 Å². The molecule has 0 bridgehead atoms. The lowest BCUT2D eigenvalue weighted by atomic mass is 10.1. The van der Waals surface area contributed by atoms with Crippen LogP contribution in [0.5, 0.6) is 0 Å². The molecule has 0 unspecified atom stereocenters. The van der Waals surface area contributed by atoms with Gasteiger partial charge in [-0.25, -0.2) is 0 Å². The normalized spacial score (nSPS) is 10.8. The highest BCUT2D eigenvalue weighted by atomic mass is 16.1. The smallest absolute Gasteiger partial charge is 0.263 e. The summed E-state index contributed by atoms with van der Waals surface area (Å²) < 4.78 is 0. The number of nitriles is 1. The fourth-order valence-corrected chi connectivity index (χ4v) is 1.76. The molecule has 0 radical (unpaired) electrons. The molecular weight excluding hydrogens is 264 g/mol. The Morgan fingerprint density at radius 1 is 1.43 bits per heavy atom. The number of nitrogens with zero attached hydrogens (tertiary/aromatic N) is 1. The first kappa shape index (κ1) is 16.7. The van der Waals surface area contributed by atoms with Crippen LogP contribution in [0, 0.1) is 11.3 Å². The Bertz CT molecular complexity index is 531. The van der Waals surface area contributed by atoms with Crippen molar-refractivity contribution in [2.24, 2.45) is 5.73 Å². The number of hydrogen-bond acceptors (Lipinski definition) is 4. The number of nitrogens with one attached hydrogen (secondary N) is 2. The largest absolute Gasteiger partial charge is 0.386 e. The summed E-state index contributed by atoms with van der Waals surface area (Å²) in [6, 6.07) is 9.76. The van der Waals surface area contributed by atoms with Gasteiger partial charge in [-0.15, -0.1) is 0 Å². The minimum absolute atomic E-state index is 0.0843. The zero-order valence-corrected chi connectivity index (χ0v) is 12.4. The summed E-state index contributed by atoms with van der Waals surface area (Å²) in [4.78, 5) is 11.7. The van der Waals surface area contributed by atoms with Gasteiger partial charge in [0.25, 0.3) is 5.91 Å². The molecule has 0 aliphatic rings. The van der Waals surface area contributed by atoms with Crippen LogP contribution in [0.25, 0.3) is 0 Å². The zero-order valence-electron chi connectivity index (χ0n) is 12.4. The van der Waals surface area contributed by atoms with E-state index in [9.17, 15) is 4.79 Å². The van der Waals surface area contributed by atoms with Crippen molar-refractivity contribution in [2.45, 2.75) is 32.9 Å². The van der Waals surface area contributed by atoms with Crippen molar-refractivity contribution in [1.82, 2.24) is 10.6 Å². The van der Waals surface area contributed by atoms with E-state index >= 15 is 0 Å². The molecule has 1 rings (SSSR count). The first-order chi connectivity index (χ1) is 10.2. The van der Waals surface area contributed by atoms with Gasteiger partial charge in [-0.1, -0.05) is 37.6 Å². The van der Waals surface area contributed by atoms with Crippen molar-refractivity contribution < 1.29 is 4.79 Å². The summed E-state index contributed by atoms with van der Waals surface area (Å²) in [6.45, 7) is 3.67. The molecule has 1 aromatic rings. The number of nitrogens with two attached hydrogens (primary N) is 1. The maximum absolute atomic E-state index is 11.7. The molecule has 0 heterocycles. The SMILES string of the molecule is CCCCNC(=O)/C(C#N)=C\NCc1cccc(CN)c1. The third-order valence-corrected chi connectivity index (χ3v) is 2.96. The molecule has 0 aromatic heterocycles. The predicted molar refractivity (Wildman–Crippen MR) is 82.8 cm³/mol. The van der Waals surface area contributed by atoms with Crippen LogP contribution in [0.4, 0.5) is 0 Å². The summed E-state index contributed by atoms with van der Waals surface area (Å²) in [6.07, 6.45) is 3.36. The van der Waals surface area contributed by atoms with Crippen LogP contribution in [0.15, 0.2) is 36.0 Å². The van der Waals surface area contributed by atoms with Crippen LogP contribution in [0.1, 0.15) is 30.9 Å². The fourth-order valence-electron chi connectivity index (χ4n) is 1.76. The molecule has 0 atom stereocenters. The van der Waals surface area contributed by atoms with E-state index in [2.05, 4.69) is 10.6 Å². The summed E-state index contributed by atoms with van der Waals surface area (Å²) in [7, 11) is 0. The number of amides is 1. The molecule has 21 heavy (non-hydrogen) atoms. The molecule has 0 saturated carbocycles. The second kappa shape index (κ2) is 9.56. The number of benzene rings is 1. The highest BCUT2D eigenvalue weighted by molar-refractivity contribution is 5.97. The molecule has 0 aliphatic carbocycles. The van der Waals surface area contributed by atoms with Gasteiger partial charge in [0.1, 0.15) is 11.6 Å². The average molecular weight is 286 g/mol. The van der Waals surface area contributed by atoms with Gasteiger partial charge in [-0.3, -0.25) is 4.79 Å². The van der Waals surface area contributed by atoms with Crippen molar-refractivity contribution in [1.29, 1.82) is 5.26 Å². The van der Waals surface area contributed by atoms with Crippen LogP contribution >= 0.6 is 0 Å². The molecule has 1 amide bonds. The topological polar surface area (TPSA) is 90.9 Å². The van der Waals surface area contributed by atoms with Gasteiger partial charge in [0.05, 0.1) is 0 Å². The van der Waals surface area contributed by atoms with E-state index in [1.807, 2.05) is 37.3 Å². The van der Waals surface area contributed by atoms with Gasteiger partial charge in [-0.2, -0.15) is 5.26 Å². The first-order valence-electron chi connectivity index (χ1n) is 7.11. The van der Waals surface area contributed by atoms with Gasteiger partial charge < -0.3 is 16.4 Å². The van der Waals surface area contributed by atoms with Crippen LogP contribution in [0.2, 0.25) is 0 Å². The Morgan fingerprint density at radius 3 is 2.86 bits per heavy atom. The molecule has 0 fully saturated rings. The van der Waals surface area contributed by atoms with Crippen molar-refractivity contribution in [3.63, 3.8) is 0 Å². The molecule has 5 heteroatoms. The van der Waals surface area contributed by atoms with Crippen molar-refractivity contribution in [2.75, 3.05) is 6.54 Å². The molecular formula is C16H22N4O. The molecule has 1 aromatic carbocycles. The van der Waals surface area contributed by atoms with Crippen LogP contribution < -0.4 is 16.4 Å². The number of carbonyl (C=O) groups excluding carboxylic acids is 1. The van der Waals surface area contributed by atoms with Crippen molar-refractivity contribution >= 4 is 5.91 Å². The number of hydrogen-bond donors (Lipinski definition) is 3. The first-order valence-corrected chi connectivity index (χ1v) is 7.11. The van der Waals surface area contributed by atoms with E-state index in [0.717, 1.165) is 24.0 Å². The van der Waals surface area contributed by atoms with Crippen molar-refractivity contribution in [3.05, 3.63) is 47.2 Å². The van der Waals surface area contributed by atoms with E-state index in [4.69, 9.17) is 11.0 Å². The number of unbranched alkanes of at least 4 members (excludes halogenated alkanes) is 1. The Kier molecular flexibility index (Phi) is 7.62. The van der Waals surface area contributed by atoms with Crippen LogP contribution in [-0.2, 0) is 17.9 Å². The fraction of sp³-hybridized carbons (Fsp3) is 0.375. The summed E-state index contributed by atoms with van der Waals surface area (Å²) in [5.41, 5.74) is 7.78. The lowest BCUT2D eigenvalue weighted by Crippen LogP contribution is -2.26.